The SMILES string of the molecule is C=CC(=O)OCC(CC)CCCC.CCCCCCCCCCCCNc1ccccc1.S=c1[nH][nH]sc1=S. The fourth-order valence-corrected chi connectivity index (χ4v) is 4.58. The second-order valence-electron chi connectivity index (χ2n) is 9.67. The summed E-state index contributed by atoms with van der Waals surface area (Å²) in [5.74, 6) is 0.207. The number of aromatic amines is 2. The molecule has 0 saturated heterocycles. The number of anilines is 1. The lowest BCUT2D eigenvalue weighted by molar-refractivity contribution is -0.139. The number of ether oxygens (including phenoxy) is 1. The van der Waals surface area contributed by atoms with E-state index in [1.807, 2.05) is 0 Å². The third-order valence-corrected chi connectivity index (χ3v) is 7.91. The van der Waals surface area contributed by atoms with Crippen molar-refractivity contribution in [1.82, 2.24) is 9.59 Å². The smallest absolute Gasteiger partial charge is 0.330 e. The molecule has 2 aromatic rings. The molecule has 5 nitrogen and oxygen atoms in total. The van der Waals surface area contributed by atoms with Crippen molar-refractivity contribution in [2.45, 2.75) is 111 Å². The number of hydrogen-bond donors (Lipinski definition) is 3. The van der Waals surface area contributed by atoms with Crippen LogP contribution in [-0.4, -0.2) is 28.7 Å². The molecule has 1 unspecified atom stereocenters. The van der Waals surface area contributed by atoms with Gasteiger partial charge in [0.1, 0.15) is 8.46 Å². The van der Waals surface area contributed by atoms with Gasteiger partial charge in [0.2, 0.25) is 0 Å². The van der Waals surface area contributed by atoms with Gasteiger partial charge in [0, 0.05) is 18.3 Å². The quantitative estimate of drug-likeness (QED) is 0.0652. The first-order valence-electron chi connectivity index (χ1n) is 14.8. The highest BCUT2D eigenvalue weighted by atomic mass is 32.2. The number of rotatable bonds is 19. The summed E-state index contributed by atoms with van der Waals surface area (Å²) in [4.78, 5) is 10.8. The van der Waals surface area contributed by atoms with Crippen LogP contribution in [0.25, 0.3) is 0 Å². The van der Waals surface area contributed by atoms with E-state index in [9.17, 15) is 4.79 Å². The van der Waals surface area contributed by atoms with Gasteiger partial charge in [-0.05, 0) is 42.4 Å². The summed E-state index contributed by atoms with van der Waals surface area (Å²) in [5, 5.41) is 6.14. The predicted octanol–water partition coefficient (Wildman–Crippen LogP) is 10.8. The van der Waals surface area contributed by atoms with Crippen molar-refractivity contribution >= 4 is 47.6 Å². The second-order valence-corrected chi connectivity index (χ2v) is 11.6. The van der Waals surface area contributed by atoms with Crippen LogP contribution in [0.5, 0.6) is 0 Å². The largest absolute Gasteiger partial charge is 0.462 e. The van der Waals surface area contributed by atoms with Gasteiger partial charge < -0.3 is 10.1 Å². The number of nitrogens with one attached hydrogen (secondary N) is 3. The van der Waals surface area contributed by atoms with E-state index >= 15 is 0 Å². The highest BCUT2D eigenvalue weighted by molar-refractivity contribution is 7.75. The fourth-order valence-electron chi connectivity index (χ4n) is 3.77. The van der Waals surface area contributed by atoms with Crippen molar-refractivity contribution in [2.24, 2.45) is 5.92 Å². The number of para-hydroxylation sites is 1. The Morgan fingerprint density at radius 2 is 1.54 bits per heavy atom. The highest BCUT2D eigenvalue weighted by Crippen LogP contribution is 2.13. The molecule has 8 heteroatoms. The summed E-state index contributed by atoms with van der Waals surface area (Å²) in [6.07, 6.45) is 19.9. The number of hydrogen-bond acceptors (Lipinski definition) is 6. The van der Waals surface area contributed by atoms with Crippen molar-refractivity contribution in [1.29, 1.82) is 0 Å². The fraction of sp³-hybridized carbons (Fsp3) is 0.645. The molecule has 0 saturated carbocycles. The molecule has 2 rings (SSSR count). The molecule has 222 valence electrons. The van der Waals surface area contributed by atoms with Crippen LogP contribution >= 0.6 is 36.0 Å². The minimum Gasteiger partial charge on any atom is -0.462 e. The van der Waals surface area contributed by atoms with Gasteiger partial charge in [-0.1, -0.05) is 147 Å². The number of esters is 1. The van der Waals surface area contributed by atoms with Gasteiger partial charge in [-0.2, -0.15) is 0 Å². The number of carbonyl (C=O) groups excluding carboxylic acids is 1. The zero-order valence-electron chi connectivity index (χ0n) is 24.6. The molecule has 0 aliphatic heterocycles. The Hall–Kier alpha value is -1.77. The summed E-state index contributed by atoms with van der Waals surface area (Å²) < 4.78 is 9.03. The summed E-state index contributed by atoms with van der Waals surface area (Å²) in [6.45, 7) is 11.6. The molecule has 0 amide bonds. The molecule has 1 aromatic heterocycles. The number of aromatic nitrogens is 2. The third-order valence-electron chi connectivity index (χ3n) is 6.30. The van der Waals surface area contributed by atoms with E-state index in [1.165, 1.54) is 100 Å². The first-order valence-corrected chi connectivity index (χ1v) is 16.5. The summed E-state index contributed by atoms with van der Waals surface area (Å²) in [5.41, 5.74) is 1.25. The Balaban J connectivity index is 0.000000620. The lowest BCUT2D eigenvalue weighted by Crippen LogP contribution is -2.12. The van der Waals surface area contributed by atoms with E-state index < -0.39 is 0 Å². The second kappa shape index (κ2) is 27.8. The molecule has 0 radical (unpaired) electrons. The van der Waals surface area contributed by atoms with Crippen LogP contribution in [0.15, 0.2) is 43.0 Å². The van der Waals surface area contributed by atoms with Crippen molar-refractivity contribution in [2.75, 3.05) is 18.5 Å². The number of carbonyl (C=O) groups is 1. The van der Waals surface area contributed by atoms with E-state index in [2.05, 4.69) is 72.6 Å². The van der Waals surface area contributed by atoms with Gasteiger partial charge in [0.25, 0.3) is 0 Å². The van der Waals surface area contributed by atoms with E-state index in [4.69, 9.17) is 29.2 Å². The van der Waals surface area contributed by atoms with Crippen molar-refractivity contribution in [3.63, 3.8) is 0 Å². The summed E-state index contributed by atoms with van der Waals surface area (Å²) in [7, 11) is 0. The van der Waals surface area contributed by atoms with Gasteiger partial charge in [-0.15, -0.1) is 0 Å². The molecule has 0 aliphatic rings. The summed E-state index contributed by atoms with van der Waals surface area (Å²) >= 11 is 10.8. The average Bonchev–Trinajstić information content (AvgIpc) is 3.34. The number of unbranched alkanes of at least 4 members (excludes halogenated alkanes) is 10. The lowest BCUT2D eigenvalue weighted by atomic mass is 10.0. The Labute approximate surface area is 252 Å². The van der Waals surface area contributed by atoms with E-state index in [0.29, 0.717) is 17.2 Å². The molecule has 39 heavy (non-hydrogen) atoms. The molecule has 1 heterocycles. The van der Waals surface area contributed by atoms with Gasteiger partial charge in [-0.25, -0.2) is 4.79 Å². The van der Waals surface area contributed by atoms with Crippen LogP contribution in [0.2, 0.25) is 0 Å². The Morgan fingerprint density at radius 1 is 0.949 bits per heavy atom. The van der Waals surface area contributed by atoms with Gasteiger partial charge in [0.05, 0.1) is 6.61 Å². The minimum absolute atomic E-state index is 0.310. The maximum Gasteiger partial charge on any atom is 0.330 e. The maximum atomic E-state index is 10.8. The number of H-pyrrole nitrogens is 2. The van der Waals surface area contributed by atoms with Crippen LogP contribution in [-0.2, 0) is 9.53 Å². The van der Waals surface area contributed by atoms with Gasteiger partial charge in [-0.3, -0.25) is 9.59 Å². The molecule has 0 bridgehead atoms. The van der Waals surface area contributed by atoms with Gasteiger partial charge >= 0.3 is 5.97 Å². The van der Waals surface area contributed by atoms with Crippen molar-refractivity contribution in [3.8, 4) is 0 Å². The molecule has 1 atom stereocenters. The van der Waals surface area contributed by atoms with Crippen molar-refractivity contribution < 1.29 is 9.53 Å². The van der Waals surface area contributed by atoms with Crippen LogP contribution < -0.4 is 5.32 Å². The van der Waals surface area contributed by atoms with Crippen LogP contribution in [0.4, 0.5) is 5.69 Å². The van der Waals surface area contributed by atoms with E-state index in [1.54, 1.807) is 0 Å². The Morgan fingerprint density at radius 3 is 2.00 bits per heavy atom. The third kappa shape index (κ3) is 23.8. The maximum absolute atomic E-state index is 10.8. The molecule has 0 aliphatic carbocycles. The molecule has 0 spiro atoms. The molecule has 3 N–H and O–H groups in total. The molecular formula is C31H53N3O2S3. The zero-order valence-corrected chi connectivity index (χ0v) is 27.1. The Kier molecular flexibility index (Phi) is 26.5. The normalized spacial score (nSPS) is 10.8. The van der Waals surface area contributed by atoms with E-state index in [0.717, 1.165) is 23.2 Å². The van der Waals surface area contributed by atoms with Crippen LogP contribution in [0.3, 0.4) is 0 Å². The standard InChI is InChI=1S/C18H31N.C11H20O2.C2H2N2S3/c1-2-3-4-5-6-7-8-9-10-14-17-19-18-15-12-11-13-16-18;1-4-7-8-10(5-2)9-13-11(12)6-3;5-1-2(6)7-4-3-1/h11-13,15-16,19H,2-10,14,17H2,1H3;6,10H,3-5,7-9H2,1-2H3;4H,(H,3,5). The zero-order chi connectivity index (χ0) is 29.0. The van der Waals surface area contributed by atoms with Crippen LogP contribution in [0, 0.1) is 14.4 Å². The minimum atomic E-state index is -0.310. The molecule has 0 fully saturated rings. The van der Waals surface area contributed by atoms with E-state index in [-0.39, 0.29) is 5.97 Å². The first kappa shape index (κ1) is 37.2. The van der Waals surface area contributed by atoms with Gasteiger partial charge in [0.15, 0.2) is 0 Å². The van der Waals surface area contributed by atoms with Crippen LogP contribution in [0.1, 0.15) is 111 Å². The van der Waals surface area contributed by atoms with Crippen molar-refractivity contribution in [3.05, 3.63) is 51.5 Å². The average molecular weight is 596 g/mol. The lowest BCUT2D eigenvalue weighted by Gasteiger charge is -2.13. The topological polar surface area (TPSA) is 69.9 Å². The predicted molar refractivity (Wildman–Crippen MR) is 176 cm³/mol. The number of benzene rings is 1. The highest BCUT2D eigenvalue weighted by Gasteiger charge is 2.07. The Bertz CT molecular complexity index is 900. The summed E-state index contributed by atoms with van der Waals surface area (Å²) in [6, 6.07) is 10.5. The first-order chi connectivity index (χ1) is 19.0. The molecular weight excluding hydrogens is 543 g/mol. The molecule has 1 aromatic carbocycles. The monoisotopic (exact) mass is 595 g/mol.